The molecule has 0 amide bonds. The van der Waals surface area contributed by atoms with E-state index in [1.807, 2.05) is 18.3 Å². The van der Waals surface area contributed by atoms with Crippen LogP contribution in [0.1, 0.15) is 32.0 Å². The van der Waals surface area contributed by atoms with Gasteiger partial charge in [-0.05, 0) is 18.2 Å². The molecule has 0 aliphatic heterocycles. The van der Waals surface area contributed by atoms with Crippen LogP contribution in [-0.4, -0.2) is 10.2 Å². The van der Waals surface area contributed by atoms with Crippen molar-refractivity contribution >= 4 is 28.9 Å². The molecule has 0 fully saturated rings. The maximum Gasteiger partial charge on any atom is 0.0652 e. The highest BCUT2D eigenvalue weighted by Gasteiger charge is 2.19. The topological polar surface area (TPSA) is 40.7 Å². The Morgan fingerprint density at radius 2 is 2.00 bits per heavy atom. The highest BCUT2D eigenvalue weighted by atomic mass is 35.5. The van der Waals surface area contributed by atoms with Gasteiger partial charge in [0.1, 0.15) is 0 Å². The predicted molar refractivity (Wildman–Crippen MR) is 81.1 cm³/mol. The van der Waals surface area contributed by atoms with Crippen LogP contribution in [0.15, 0.2) is 24.4 Å². The maximum absolute atomic E-state index is 6.13. The highest BCUT2D eigenvalue weighted by molar-refractivity contribution is 6.36. The molecule has 0 bridgehead atoms. The second-order valence-corrected chi connectivity index (χ2v) is 6.34. The number of hydrogen-bond donors (Lipinski definition) is 2. The third-order valence-corrected chi connectivity index (χ3v) is 3.42. The van der Waals surface area contributed by atoms with Gasteiger partial charge < -0.3 is 5.32 Å². The number of nitrogens with zero attached hydrogens (tertiary/aromatic N) is 1. The first-order chi connectivity index (χ1) is 8.88. The number of H-pyrrole nitrogens is 1. The summed E-state index contributed by atoms with van der Waals surface area (Å²) in [7, 11) is 0. The molecule has 0 spiro atoms. The highest BCUT2D eigenvalue weighted by Crippen LogP contribution is 2.27. The first-order valence-electron chi connectivity index (χ1n) is 6.09. The summed E-state index contributed by atoms with van der Waals surface area (Å²) in [5, 5.41) is 11.7. The average Bonchev–Trinajstić information content (AvgIpc) is 2.75. The molecule has 0 radical (unpaired) electrons. The van der Waals surface area contributed by atoms with Crippen molar-refractivity contribution in [2.24, 2.45) is 0 Å². The smallest absolute Gasteiger partial charge is 0.0652 e. The molecule has 5 heteroatoms. The Kier molecular flexibility index (Phi) is 4.07. The van der Waals surface area contributed by atoms with Gasteiger partial charge in [0.2, 0.25) is 0 Å². The number of aromatic amines is 1. The largest absolute Gasteiger partial charge is 0.380 e. The van der Waals surface area contributed by atoms with Crippen molar-refractivity contribution in [3.05, 3.63) is 45.7 Å². The second kappa shape index (κ2) is 5.43. The summed E-state index contributed by atoms with van der Waals surface area (Å²) in [6.45, 7) is 7.13. The minimum Gasteiger partial charge on any atom is -0.380 e. The van der Waals surface area contributed by atoms with Crippen molar-refractivity contribution < 1.29 is 0 Å². The maximum atomic E-state index is 6.13. The number of rotatable bonds is 3. The van der Waals surface area contributed by atoms with Crippen LogP contribution >= 0.6 is 23.2 Å². The Morgan fingerprint density at radius 1 is 1.26 bits per heavy atom. The first kappa shape index (κ1) is 14.2. The minimum absolute atomic E-state index is 0.0390. The zero-order chi connectivity index (χ0) is 14.0. The normalized spacial score (nSPS) is 11.6. The Balaban J connectivity index is 2.13. The Labute approximate surface area is 123 Å². The first-order valence-corrected chi connectivity index (χ1v) is 6.85. The summed E-state index contributed by atoms with van der Waals surface area (Å²) in [5.41, 5.74) is 3.17. The summed E-state index contributed by atoms with van der Waals surface area (Å²) in [5.74, 6) is 0. The molecule has 0 aliphatic rings. The second-order valence-electron chi connectivity index (χ2n) is 5.50. The van der Waals surface area contributed by atoms with Gasteiger partial charge in [0.15, 0.2) is 0 Å². The molecule has 0 atom stereocenters. The van der Waals surface area contributed by atoms with Gasteiger partial charge in [-0.2, -0.15) is 5.10 Å². The molecular weight excluding hydrogens is 281 g/mol. The standard InChI is InChI=1S/C14H17Cl2N3/c1-14(2,3)13-9(8-18-19-13)7-17-12-5-4-10(15)6-11(12)16/h4-6,8,17H,7H2,1-3H3,(H,18,19). The van der Waals surface area contributed by atoms with Gasteiger partial charge in [-0.3, -0.25) is 5.10 Å². The van der Waals surface area contributed by atoms with E-state index >= 15 is 0 Å². The Morgan fingerprint density at radius 3 is 2.63 bits per heavy atom. The molecule has 2 N–H and O–H groups in total. The van der Waals surface area contributed by atoms with Gasteiger partial charge in [-0.15, -0.1) is 0 Å². The van der Waals surface area contributed by atoms with Crippen molar-refractivity contribution in [2.75, 3.05) is 5.32 Å². The van der Waals surface area contributed by atoms with Crippen LogP contribution in [0.25, 0.3) is 0 Å². The molecule has 1 aromatic carbocycles. The zero-order valence-electron chi connectivity index (χ0n) is 11.2. The molecule has 0 saturated carbocycles. The minimum atomic E-state index is 0.0390. The molecule has 3 nitrogen and oxygen atoms in total. The van der Waals surface area contributed by atoms with E-state index in [-0.39, 0.29) is 5.41 Å². The Hall–Kier alpha value is -1.19. The number of nitrogens with one attached hydrogen (secondary N) is 2. The van der Waals surface area contributed by atoms with E-state index in [9.17, 15) is 0 Å². The van der Waals surface area contributed by atoms with Crippen LogP contribution in [0.2, 0.25) is 10.0 Å². The van der Waals surface area contributed by atoms with Crippen LogP contribution < -0.4 is 5.32 Å². The lowest BCUT2D eigenvalue weighted by atomic mass is 9.89. The fraction of sp³-hybridized carbons (Fsp3) is 0.357. The van der Waals surface area contributed by atoms with Gasteiger partial charge in [-0.1, -0.05) is 44.0 Å². The van der Waals surface area contributed by atoms with E-state index in [4.69, 9.17) is 23.2 Å². The molecule has 1 heterocycles. The quantitative estimate of drug-likeness (QED) is 0.867. The van der Waals surface area contributed by atoms with Gasteiger partial charge >= 0.3 is 0 Å². The molecule has 0 saturated heterocycles. The van der Waals surface area contributed by atoms with Crippen LogP contribution in [-0.2, 0) is 12.0 Å². The molecular formula is C14H17Cl2N3. The number of anilines is 1. The fourth-order valence-electron chi connectivity index (χ4n) is 1.92. The summed E-state index contributed by atoms with van der Waals surface area (Å²) in [4.78, 5) is 0. The van der Waals surface area contributed by atoms with E-state index in [1.165, 1.54) is 0 Å². The lowest BCUT2D eigenvalue weighted by molar-refractivity contribution is 0.561. The average molecular weight is 298 g/mol. The predicted octanol–water partition coefficient (Wildman–Crippen LogP) is 4.63. The van der Waals surface area contributed by atoms with Crippen LogP contribution in [0.5, 0.6) is 0 Å². The molecule has 2 rings (SSSR count). The molecule has 19 heavy (non-hydrogen) atoms. The summed E-state index contributed by atoms with van der Waals surface area (Å²) in [6, 6.07) is 5.42. The third-order valence-electron chi connectivity index (χ3n) is 2.87. The summed E-state index contributed by atoms with van der Waals surface area (Å²) < 4.78 is 0. The molecule has 102 valence electrons. The molecule has 1 aromatic heterocycles. The van der Waals surface area contributed by atoms with E-state index in [1.54, 1.807) is 6.07 Å². The SMILES string of the molecule is CC(C)(C)c1[nH]ncc1CNc1ccc(Cl)cc1Cl. The molecule has 0 unspecified atom stereocenters. The summed E-state index contributed by atoms with van der Waals surface area (Å²) in [6.07, 6.45) is 1.84. The van der Waals surface area contributed by atoms with Crippen molar-refractivity contribution in [2.45, 2.75) is 32.7 Å². The van der Waals surface area contributed by atoms with E-state index in [0.717, 1.165) is 16.9 Å². The van der Waals surface area contributed by atoms with Crippen molar-refractivity contribution in [1.82, 2.24) is 10.2 Å². The molecule has 2 aromatic rings. The fourth-order valence-corrected chi connectivity index (χ4v) is 2.39. The summed E-state index contributed by atoms with van der Waals surface area (Å²) >= 11 is 12.0. The monoisotopic (exact) mass is 297 g/mol. The van der Waals surface area contributed by atoms with E-state index in [2.05, 4.69) is 36.3 Å². The van der Waals surface area contributed by atoms with Crippen molar-refractivity contribution in [1.29, 1.82) is 0 Å². The number of hydrogen-bond acceptors (Lipinski definition) is 2. The lowest BCUT2D eigenvalue weighted by Gasteiger charge is -2.19. The van der Waals surface area contributed by atoms with Crippen molar-refractivity contribution in [3.8, 4) is 0 Å². The zero-order valence-corrected chi connectivity index (χ0v) is 12.7. The van der Waals surface area contributed by atoms with Gasteiger partial charge in [0.25, 0.3) is 0 Å². The Bertz CT molecular complexity index is 570. The van der Waals surface area contributed by atoms with Crippen LogP contribution in [0.3, 0.4) is 0 Å². The lowest BCUT2D eigenvalue weighted by Crippen LogP contribution is -2.15. The number of aromatic nitrogens is 2. The van der Waals surface area contributed by atoms with E-state index < -0.39 is 0 Å². The third kappa shape index (κ3) is 3.43. The van der Waals surface area contributed by atoms with E-state index in [0.29, 0.717) is 16.6 Å². The number of halogens is 2. The van der Waals surface area contributed by atoms with Gasteiger partial charge in [-0.25, -0.2) is 0 Å². The van der Waals surface area contributed by atoms with Crippen molar-refractivity contribution in [3.63, 3.8) is 0 Å². The van der Waals surface area contributed by atoms with Gasteiger partial charge in [0, 0.05) is 28.2 Å². The van der Waals surface area contributed by atoms with Gasteiger partial charge in [0.05, 0.1) is 16.9 Å². The van der Waals surface area contributed by atoms with Crippen LogP contribution in [0, 0.1) is 0 Å². The van der Waals surface area contributed by atoms with Crippen LogP contribution in [0.4, 0.5) is 5.69 Å². The number of benzene rings is 1. The molecule has 0 aliphatic carbocycles.